The quantitative estimate of drug-likeness (QED) is 0.848. The first-order valence-electron chi connectivity index (χ1n) is 8.04. The lowest BCUT2D eigenvalue weighted by Crippen LogP contribution is -2.49. The standard InChI is InChI=1S/C17H22ClN5S/c1-13-14(11-21(2)20-13)12-22-7-9-23(10-8-22)17(24)19-16-5-3-15(18)4-6-16/h3-6,11H,7-10,12H2,1-2H3,(H,19,24). The van der Waals surface area contributed by atoms with Crippen LogP contribution in [0.25, 0.3) is 0 Å². The molecule has 0 spiro atoms. The van der Waals surface area contributed by atoms with Gasteiger partial charge < -0.3 is 10.2 Å². The van der Waals surface area contributed by atoms with Crippen molar-refractivity contribution in [3.63, 3.8) is 0 Å². The van der Waals surface area contributed by atoms with Crippen LogP contribution in [0.5, 0.6) is 0 Å². The number of aromatic nitrogens is 2. The van der Waals surface area contributed by atoms with Crippen LogP contribution in [0, 0.1) is 6.92 Å². The molecule has 128 valence electrons. The number of benzene rings is 1. The van der Waals surface area contributed by atoms with Gasteiger partial charge in [-0.3, -0.25) is 9.58 Å². The topological polar surface area (TPSA) is 36.3 Å². The number of thiocarbonyl (C=S) groups is 1. The van der Waals surface area contributed by atoms with Crippen LogP contribution in [0.4, 0.5) is 5.69 Å². The number of piperazine rings is 1. The Balaban J connectivity index is 1.50. The van der Waals surface area contributed by atoms with Gasteiger partial charge >= 0.3 is 0 Å². The van der Waals surface area contributed by atoms with E-state index in [1.807, 2.05) is 36.0 Å². The number of nitrogens with one attached hydrogen (secondary N) is 1. The number of hydrogen-bond acceptors (Lipinski definition) is 3. The predicted molar refractivity (Wildman–Crippen MR) is 102 cm³/mol. The molecule has 0 aliphatic carbocycles. The maximum atomic E-state index is 5.91. The van der Waals surface area contributed by atoms with Crippen molar-refractivity contribution in [2.75, 3.05) is 31.5 Å². The van der Waals surface area contributed by atoms with Crippen molar-refractivity contribution >= 4 is 34.6 Å². The molecule has 24 heavy (non-hydrogen) atoms. The highest BCUT2D eigenvalue weighted by Crippen LogP contribution is 2.15. The van der Waals surface area contributed by atoms with Crippen molar-refractivity contribution in [2.24, 2.45) is 7.05 Å². The first-order chi connectivity index (χ1) is 11.5. The van der Waals surface area contributed by atoms with E-state index in [0.717, 1.165) is 54.2 Å². The Hall–Kier alpha value is -1.63. The third-order valence-corrected chi connectivity index (χ3v) is 4.88. The lowest BCUT2D eigenvalue weighted by molar-refractivity contribution is 0.176. The fourth-order valence-electron chi connectivity index (χ4n) is 2.89. The second-order valence-electron chi connectivity index (χ2n) is 6.11. The van der Waals surface area contributed by atoms with Crippen LogP contribution in [-0.2, 0) is 13.6 Å². The van der Waals surface area contributed by atoms with E-state index >= 15 is 0 Å². The molecule has 1 aliphatic rings. The van der Waals surface area contributed by atoms with Gasteiger partial charge in [-0.15, -0.1) is 0 Å². The fraction of sp³-hybridized carbons (Fsp3) is 0.412. The molecule has 0 radical (unpaired) electrons. The molecule has 0 amide bonds. The van der Waals surface area contributed by atoms with E-state index in [2.05, 4.69) is 33.3 Å². The second-order valence-corrected chi connectivity index (χ2v) is 6.94. The molecule has 1 fully saturated rings. The number of halogens is 1. The largest absolute Gasteiger partial charge is 0.346 e. The molecule has 0 saturated carbocycles. The smallest absolute Gasteiger partial charge is 0.173 e. The fourth-order valence-corrected chi connectivity index (χ4v) is 3.32. The minimum absolute atomic E-state index is 0.728. The van der Waals surface area contributed by atoms with Crippen LogP contribution in [0.1, 0.15) is 11.3 Å². The summed E-state index contributed by atoms with van der Waals surface area (Å²) in [6.45, 7) is 6.87. The zero-order valence-electron chi connectivity index (χ0n) is 14.0. The Kier molecular flexibility index (Phi) is 5.38. The van der Waals surface area contributed by atoms with Crippen LogP contribution in [0.2, 0.25) is 5.02 Å². The summed E-state index contributed by atoms with van der Waals surface area (Å²) in [7, 11) is 1.97. The van der Waals surface area contributed by atoms with Crippen LogP contribution in [0.15, 0.2) is 30.5 Å². The molecule has 1 aliphatic heterocycles. The van der Waals surface area contributed by atoms with Gasteiger partial charge in [0.2, 0.25) is 0 Å². The summed E-state index contributed by atoms with van der Waals surface area (Å²) in [6.07, 6.45) is 2.11. The van der Waals surface area contributed by atoms with Crippen molar-refractivity contribution in [1.29, 1.82) is 0 Å². The molecule has 1 aromatic heterocycles. The first kappa shape index (κ1) is 17.2. The molecule has 0 atom stereocenters. The highest BCUT2D eigenvalue weighted by atomic mass is 35.5. The number of anilines is 1. The van der Waals surface area contributed by atoms with Crippen LogP contribution in [0.3, 0.4) is 0 Å². The van der Waals surface area contributed by atoms with Gasteiger partial charge in [-0.2, -0.15) is 5.10 Å². The number of nitrogens with zero attached hydrogens (tertiary/aromatic N) is 4. The monoisotopic (exact) mass is 363 g/mol. The van der Waals surface area contributed by atoms with Crippen molar-refractivity contribution in [3.8, 4) is 0 Å². The maximum absolute atomic E-state index is 5.91. The lowest BCUT2D eigenvalue weighted by atomic mass is 10.2. The molecule has 2 heterocycles. The molecule has 1 aromatic carbocycles. The molecule has 0 unspecified atom stereocenters. The van der Waals surface area contributed by atoms with Gasteiger partial charge in [0, 0.05) is 62.2 Å². The molecular formula is C17H22ClN5S. The normalized spacial score (nSPS) is 15.5. The van der Waals surface area contributed by atoms with Crippen LogP contribution >= 0.6 is 23.8 Å². The average Bonchev–Trinajstić information content (AvgIpc) is 2.88. The van der Waals surface area contributed by atoms with Gasteiger partial charge in [-0.25, -0.2) is 0 Å². The van der Waals surface area contributed by atoms with E-state index in [0.29, 0.717) is 0 Å². The number of rotatable bonds is 3. The first-order valence-corrected chi connectivity index (χ1v) is 8.83. The second kappa shape index (κ2) is 7.51. The highest BCUT2D eigenvalue weighted by molar-refractivity contribution is 7.80. The van der Waals surface area contributed by atoms with Gasteiger partial charge in [-0.05, 0) is 43.4 Å². The van der Waals surface area contributed by atoms with Crippen molar-refractivity contribution in [2.45, 2.75) is 13.5 Å². The minimum atomic E-state index is 0.728. The third-order valence-electron chi connectivity index (χ3n) is 4.26. The van der Waals surface area contributed by atoms with E-state index in [-0.39, 0.29) is 0 Å². The molecule has 5 nitrogen and oxygen atoms in total. The number of hydrogen-bond donors (Lipinski definition) is 1. The maximum Gasteiger partial charge on any atom is 0.173 e. The van der Waals surface area contributed by atoms with E-state index in [9.17, 15) is 0 Å². The SMILES string of the molecule is Cc1nn(C)cc1CN1CCN(C(=S)Nc2ccc(Cl)cc2)CC1. The molecule has 1 N–H and O–H groups in total. The summed E-state index contributed by atoms with van der Waals surface area (Å²) in [5.41, 5.74) is 3.38. The van der Waals surface area contributed by atoms with E-state index in [4.69, 9.17) is 23.8 Å². The van der Waals surface area contributed by atoms with Crippen LogP contribution < -0.4 is 5.32 Å². The summed E-state index contributed by atoms with van der Waals surface area (Å²) in [5, 5.41) is 9.20. The lowest BCUT2D eigenvalue weighted by Gasteiger charge is -2.36. The summed E-state index contributed by atoms with van der Waals surface area (Å²) in [4.78, 5) is 4.67. The van der Waals surface area contributed by atoms with Gasteiger partial charge in [-0.1, -0.05) is 11.6 Å². The molecule has 3 rings (SSSR count). The summed E-state index contributed by atoms with van der Waals surface area (Å²) in [6, 6.07) is 7.60. The predicted octanol–water partition coefficient (Wildman–Crippen LogP) is 2.90. The van der Waals surface area contributed by atoms with Crippen molar-refractivity contribution < 1.29 is 0 Å². The zero-order chi connectivity index (χ0) is 17.1. The van der Waals surface area contributed by atoms with Crippen LogP contribution in [-0.4, -0.2) is 50.9 Å². The van der Waals surface area contributed by atoms with E-state index in [1.54, 1.807) is 0 Å². The van der Waals surface area contributed by atoms with Crippen molar-refractivity contribution in [3.05, 3.63) is 46.7 Å². The van der Waals surface area contributed by atoms with Gasteiger partial charge in [0.15, 0.2) is 5.11 Å². The third kappa shape index (κ3) is 4.26. The molecule has 2 aromatic rings. The molecular weight excluding hydrogens is 342 g/mol. The molecule has 0 bridgehead atoms. The summed E-state index contributed by atoms with van der Waals surface area (Å²) in [5.74, 6) is 0. The molecule has 7 heteroatoms. The van der Waals surface area contributed by atoms with Crippen molar-refractivity contribution in [1.82, 2.24) is 19.6 Å². The van der Waals surface area contributed by atoms with Gasteiger partial charge in [0.1, 0.15) is 0 Å². The Morgan fingerprint density at radius 1 is 1.21 bits per heavy atom. The summed E-state index contributed by atoms with van der Waals surface area (Å²) >= 11 is 11.4. The number of aryl methyl sites for hydroxylation is 2. The van der Waals surface area contributed by atoms with Gasteiger partial charge in [0.05, 0.1) is 5.69 Å². The van der Waals surface area contributed by atoms with E-state index in [1.165, 1.54) is 5.56 Å². The van der Waals surface area contributed by atoms with Gasteiger partial charge in [0.25, 0.3) is 0 Å². The minimum Gasteiger partial charge on any atom is -0.346 e. The molecule has 1 saturated heterocycles. The summed E-state index contributed by atoms with van der Waals surface area (Å²) < 4.78 is 1.88. The Morgan fingerprint density at radius 2 is 1.88 bits per heavy atom. The Morgan fingerprint density at radius 3 is 2.46 bits per heavy atom. The zero-order valence-corrected chi connectivity index (χ0v) is 15.6. The highest BCUT2D eigenvalue weighted by Gasteiger charge is 2.20. The van der Waals surface area contributed by atoms with E-state index < -0.39 is 0 Å². The average molecular weight is 364 g/mol. The Labute approximate surface area is 153 Å². The Bertz CT molecular complexity index is 704.